The molecule has 0 aliphatic heterocycles. The van der Waals surface area contributed by atoms with Crippen LogP contribution in [-0.4, -0.2) is 19.9 Å². The van der Waals surface area contributed by atoms with Gasteiger partial charge >= 0.3 is 0 Å². The van der Waals surface area contributed by atoms with E-state index in [1.54, 1.807) is 12.1 Å². The van der Waals surface area contributed by atoms with Crippen LogP contribution >= 0.6 is 0 Å². The average Bonchev–Trinajstić information content (AvgIpc) is 2.46. The molecule has 0 aliphatic rings. The Bertz CT molecular complexity index is 574. The van der Waals surface area contributed by atoms with Crippen molar-refractivity contribution in [3.05, 3.63) is 59.7 Å². The second kappa shape index (κ2) is 6.10. The molecule has 0 saturated carbocycles. The predicted molar refractivity (Wildman–Crippen MR) is 82.6 cm³/mol. The number of hydrogen-bond acceptors (Lipinski definition) is 3. The van der Waals surface area contributed by atoms with E-state index in [4.69, 9.17) is 15.9 Å². The monoisotopic (exact) mass is 269 g/mol. The summed E-state index contributed by atoms with van der Waals surface area (Å²) in [5.41, 5.74) is 8.39. The molecule has 0 saturated heterocycles. The highest BCUT2D eigenvalue weighted by Gasteiger charge is 2.00. The molecule has 4 nitrogen and oxygen atoms in total. The summed E-state index contributed by atoms with van der Waals surface area (Å²) in [6, 6.07) is 15.5. The molecular weight excluding hydrogens is 250 g/mol. The maximum absolute atomic E-state index is 7.33. The van der Waals surface area contributed by atoms with Gasteiger partial charge in [-0.2, -0.15) is 0 Å². The van der Waals surface area contributed by atoms with E-state index in [0.717, 1.165) is 11.3 Å². The van der Waals surface area contributed by atoms with E-state index >= 15 is 0 Å². The number of nitrogens with zero attached hydrogens (tertiary/aromatic N) is 1. The van der Waals surface area contributed by atoms with E-state index in [2.05, 4.69) is 29.2 Å². The number of hydrogen-bond donors (Lipinski definition) is 2. The lowest BCUT2D eigenvalue weighted by molar-refractivity contribution is 0.306. The second-order valence-corrected chi connectivity index (χ2v) is 4.79. The van der Waals surface area contributed by atoms with Crippen molar-refractivity contribution in [3.8, 4) is 5.75 Å². The second-order valence-electron chi connectivity index (χ2n) is 4.79. The highest BCUT2D eigenvalue weighted by Crippen LogP contribution is 2.16. The lowest BCUT2D eigenvalue weighted by Crippen LogP contribution is -2.10. The molecule has 0 radical (unpaired) electrons. The minimum absolute atomic E-state index is 0.0656. The molecule has 3 N–H and O–H groups in total. The minimum atomic E-state index is 0.0656. The Kier molecular flexibility index (Phi) is 4.25. The van der Waals surface area contributed by atoms with Crippen molar-refractivity contribution in [2.24, 2.45) is 5.73 Å². The van der Waals surface area contributed by atoms with Crippen molar-refractivity contribution < 1.29 is 4.74 Å². The standard InChI is InChI=1S/C16H19N3O/c1-19(2)14-7-3-12(4-8-14)11-20-15-9-5-13(6-10-15)16(17)18/h3-10H,11H2,1-2H3,(H3,17,18). The number of anilines is 1. The van der Waals surface area contributed by atoms with Gasteiger partial charge in [0, 0.05) is 25.3 Å². The van der Waals surface area contributed by atoms with Crippen LogP contribution in [0.4, 0.5) is 5.69 Å². The average molecular weight is 269 g/mol. The Morgan fingerprint density at radius 3 is 2.15 bits per heavy atom. The largest absolute Gasteiger partial charge is 0.489 e. The number of benzene rings is 2. The third-order valence-corrected chi connectivity index (χ3v) is 3.02. The molecule has 0 spiro atoms. The number of ether oxygens (including phenoxy) is 1. The summed E-state index contributed by atoms with van der Waals surface area (Å²) in [6.07, 6.45) is 0. The van der Waals surface area contributed by atoms with Gasteiger partial charge in [0.25, 0.3) is 0 Å². The zero-order chi connectivity index (χ0) is 14.5. The molecule has 20 heavy (non-hydrogen) atoms. The van der Waals surface area contributed by atoms with Gasteiger partial charge in [-0.1, -0.05) is 12.1 Å². The Hall–Kier alpha value is -2.49. The summed E-state index contributed by atoms with van der Waals surface area (Å²) in [5.74, 6) is 0.836. The smallest absolute Gasteiger partial charge is 0.122 e. The van der Waals surface area contributed by atoms with Crippen molar-refractivity contribution in [2.75, 3.05) is 19.0 Å². The lowest BCUT2D eigenvalue weighted by atomic mass is 10.2. The van der Waals surface area contributed by atoms with Crippen LogP contribution in [0.25, 0.3) is 0 Å². The topological polar surface area (TPSA) is 62.3 Å². The number of nitrogens with one attached hydrogen (secondary N) is 1. The quantitative estimate of drug-likeness (QED) is 0.648. The van der Waals surface area contributed by atoms with Gasteiger partial charge in [0.05, 0.1) is 0 Å². The number of rotatable bonds is 5. The van der Waals surface area contributed by atoms with Gasteiger partial charge in [-0.05, 0) is 42.0 Å². The zero-order valence-corrected chi connectivity index (χ0v) is 11.8. The van der Waals surface area contributed by atoms with Crippen molar-refractivity contribution >= 4 is 11.5 Å². The van der Waals surface area contributed by atoms with Crippen LogP contribution in [0.15, 0.2) is 48.5 Å². The van der Waals surface area contributed by atoms with Gasteiger partial charge in [0.2, 0.25) is 0 Å². The van der Waals surface area contributed by atoms with E-state index in [9.17, 15) is 0 Å². The molecule has 2 aromatic carbocycles. The normalized spacial score (nSPS) is 10.1. The molecule has 2 rings (SSSR count). The summed E-state index contributed by atoms with van der Waals surface area (Å²) in [4.78, 5) is 2.06. The van der Waals surface area contributed by atoms with Crippen LogP contribution in [0.5, 0.6) is 5.75 Å². The van der Waals surface area contributed by atoms with Crippen LogP contribution in [0.2, 0.25) is 0 Å². The van der Waals surface area contributed by atoms with Gasteiger partial charge in [-0.25, -0.2) is 0 Å². The number of nitrogens with two attached hydrogens (primary N) is 1. The first-order valence-corrected chi connectivity index (χ1v) is 6.40. The molecule has 4 heteroatoms. The third kappa shape index (κ3) is 3.51. The van der Waals surface area contributed by atoms with E-state index in [0.29, 0.717) is 12.2 Å². The van der Waals surface area contributed by atoms with E-state index in [-0.39, 0.29) is 5.84 Å². The Balaban J connectivity index is 1.96. The van der Waals surface area contributed by atoms with E-state index in [1.165, 1.54) is 5.69 Å². The summed E-state index contributed by atoms with van der Waals surface area (Å²) >= 11 is 0. The first-order valence-electron chi connectivity index (χ1n) is 6.40. The summed E-state index contributed by atoms with van der Waals surface area (Å²) < 4.78 is 5.70. The van der Waals surface area contributed by atoms with Crippen molar-refractivity contribution in [1.82, 2.24) is 0 Å². The summed E-state index contributed by atoms with van der Waals surface area (Å²) in [6.45, 7) is 0.521. The summed E-state index contributed by atoms with van der Waals surface area (Å²) in [5, 5.41) is 7.33. The van der Waals surface area contributed by atoms with Crippen LogP contribution in [0.1, 0.15) is 11.1 Å². The van der Waals surface area contributed by atoms with Crippen molar-refractivity contribution in [1.29, 1.82) is 5.41 Å². The molecule has 0 unspecified atom stereocenters. The molecular formula is C16H19N3O. The van der Waals surface area contributed by atoms with Gasteiger partial charge < -0.3 is 15.4 Å². The third-order valence-electron chi connectivity index (χ3n) is 3.02. The maximum Gasteiger partial charge on any atom is 0.122 e. The Labute approximate surface area is 119 Å². The fraction of sp³-hybridized carbons (Fsp3) is 0.188. The SMILES string of the molecule is CN(C)c1ccc(COc2ccc(C(=N)N)cc2)cc1. The van der Waals surface area contributed by atoms with Gasteiger partial charge in [0.1, 0.15) is 18.2 Å². The first-order chi connectivity index (χ1) is 9.56. The fourth-order valence-corrected chi connectivity index (χ4v) is 1.79. The summed E-state index contributed by atoms with van der Waals surface area (Å²) in [7, 11) is 4.03. The first kappa shape index (κ1) is 13.9. The van der Waals surface area contributed by atoms with Gasteiger partial charge in [-0.3, -0.25) is 5.41 Å². The lowest BCUT2D eigenvalue weighted by Gasteiger charge is -2.13. The van der Waals surface area contributed by atoms with Crippen LogP contribution in [0.3, 0.4) is 0 Å². The van der Waals surface area contributed by atoms with Gasteiger partial charge in [-0.15, -0.1) is 0 Å². The Morgan fingerprint density at radius 2 is 1.65 bits per heavy atom. The molecule has 0 aromatic heterocycles. The highest BCUT2D eigenvalue weighted by molar-refractivity contribution is 5.94. The molecule has 0 heterocycles. The molecule has 0 aliphatic carbocycles. The van der Waals surface area contributed by atoms with Crippen LogP contribution < -0.4 is 15.4 Å². The molecule has 0 fully saturated rings. The molecule has 0 atom stereocenters. The highest BCUT2D eigenvalue weighted by atomic mass is 16.5. The van der Waals surface area contributed by atoms with E-state index < -0.39 is 0 Å². The van der Waals surface area contributed by atoms with Crippen molar-refractivity contribution in [3.63, 3.8) is 0 Å². The predicted octanol–water partition coefficient (Wildman–Crippen LogP) is 2.62. The minimum Gasteiger partial charge on any atom is -0.489 e. The van der Waals surface area contributed by atoms with E-state index in [1.807, 2.05) is 26.2 Å². The molecule has 0 bridgehead atoms. The number of amidine groups is 1. The van der Waals surface area contributed by atoms with Crippen molar-refractivity contribution in [2.45, 2.75) is 6.61 Å². The molecule has 2 aromatic rings. The Morgan fingerprint density at radius 1 is 1.05 bits per heavy atom. The fourth-order valence-electron chi connectivity index (χ4n) is 1.79. The maximum atomic E-state index is 7.33. The van der Waals surface area contributed by atoms with Crippen LogP contribution in [-0.2, 0) is 6.61 Å². The zero-order valence-electron chi connectivity index (χ0n) is 11.8. The van der Waals surface area contributed by atoms with Crippen LogP contribution in [0, 0.1) is 5.41 Å². The van der Waals surface area contributed by atoms with Gasteiger partial charge in [0.15, 0.2) is 0 Å². The number of nitrogen functional groups attached to an aromatic ring is 1. The molecule has 104 valence electrons. The molecule has 0 amide bonds.